The van der Waals surface area contributed by atoms with E-state index in [4.69, 9.17) is 5.73 Å². The minimum absolute atomic E-state index is 0.0140. The number of benzene rings is 1. The molecule has 1 saturated heterocycles. The number of nitrogens with zero attached hydrogens (tertiary/aromatic N) is 3. The maximum Gasteiger partial charge on any atom is 0.471 e. The van der Waals surface area contributed by atoms with Crippen molar-refractivity contribution >= 4 is 28.6 Å². The summed E-state index contributed by atoms with van der Waals surface area (Å²) >= 11 is 0. The minimum atomic E-state index is -5.16. The van der Waals surface area contributed by atoms with Gasteiger partial charge in [-0.15, -0.1) is 0 Å². The van der Waals surface area contributed by atoms with Gasteiger partial charge in [-0.2, -0.15) is 18.4 Å². The lowest BCUT2D eigenvalue weighted by Gasteiger charge is -2.38. The first-order valence-corrected chi connectivity index (χ1v) is 12.5. The third-order valence-electron chi connectivity index (χ3n) is 7.92. The van der Waals surface area contributed by atoms with Crippen LogP contribution in [0.15, 0.2) is 40.1 Å². The van der Waals surface area contributed by atoms with Gasteiger partial charge in [-0.25, -0.2) is 4.99 Å². The van der Waals surface area contributed by atoms with Gasteiger partial charge in [0.2, 0.25) is 11.5 Å². The summed E-state index contributed by atoms with van der Waals surface area (Å²) < 4.78 is 39.2. The van der Waals surface area contributed by atoms with E-state index in [9.17, 15) is 32.8 Å². The second kappa shape index (κ2) is 9.39. The zero-order chi connectivity index (χ0) is 29.1. The molecule has 4 rings (SSSR count). The number of alkyl halides is 3. The van der Waals surface area contributed by atoms with Gasteiger partial charge in [0.1, 0.15) is 11.9 Å². The number of carbonyl (C=O) groups excluding carboxylic acids is 2. The Labute approximate surface area is 223 Å². The Kier molecular flexibility index (Phi) is 6.78. The number of para-hydroxylation sites is 1. The fourth-order valence-electron chi connectivity index (χ4n) is 5.73. The van der Waals surface area contributed by atoms with E-state index < -0.39 is 47.1 Å². The maximum atomic E-state index is 13.7. The zero-order valence-electron chi connectivity index (χ0n) is 22.3. The molecule has 208 valence electrons. The molecule has 1 saturated carbocycles. The van der Waals surface area contributed by atoms with Gasteiger partial charge in [0.15, 0.2) is 6.04 Å². The second-order valence-corrected chi connectivity index (χ2v) is 11.9. The van der Waals surface area contributed by atoms with Gasteiger partial charge in [-0.1, -0.05) is 52.8 Å². The number of fused-ring (bicyclic) bond motifs is 2. The van der Waals surface area contributed by atoms with Gasteiger partial charge in [0.25, 0.3) is 0 Å². The topological polar surface area (TPSA) is 144 Å². The zero-order valence-corrected chi connectivity index (χ0v) is 22.3. The van der Waals surface area contributed by atoms with Crippen LogP contribution in [0.4, 0.5) is 13.2 Å². The molecular formula is C27H31F3N6O3. The first-order chi connectivity index (χ1) is 18.0. The van der Waals surface area contributed by atoms with Crippen LogP contribution in [-0.2, 0) is 9.59 Å². The number of carbonyl (C=O) groups is 2. The molecule has 4 N–H and O–H groups in total. The van der Waals surface area contributed by atoms with Crippen molar-refractivity contribution < 1.29 is 22.8 Å². The van der Waals surface area contributed by atoms with Gasteiger partial charge < -0.3 is 20.9 Å². The summed E-state index contributed by atoms with van der Waals surface area (Å²) in [5.74, 6) is -3.07. The number of nitriles is 1. The number of amidine groups is 1. The second-order valence-electron chi connectivity index (χ2n) is 11.9. The summed E-state index contributed by atoms with van der Waals surface area (Å²) in [7, 11) is 0. The predicted octanol–water partition coefficient (Wildman–Crippen LogP) is 3.03. The molecule has 2 aromatic rings. The van der Waals surface area contributed by atoms with Crippen molar-refractivity contribution in [3.63, 3.8) is 0 Å². The highest BCUT2D eigenvalue weighted by Gasteiger charge is 2.69. The monoisotopic (exact) mass is 544 g/mol. The fourth-order valence-corrected chi connectivity index (χ4v) is 5.73. The molecule has 2 unspecified atom stereocenters. The van der Waals surface area contributed by atoms with Crippen LogP contribution in [0.2, 0.25) is 0 Å². The molecule has 0 radical (unpaired) electrons. The van der Waals surface area contributed by atoms with Crippen molar-refractivity contribution in [1.29, 1.82) is 5.26 Å². The van der Waals surface area contributed by atoms with Gasteiger partial charge >= 0.3 is 12.1 Å². The lowest BCUT2D eigenvalue weighted by molar-refractivity contribution is -0.176. The molecule has 2 aliphatic rings. The smallest absolute Gasteiger partial charge is 0.386 e. The number of hydrogen-bond donors (Lipinski definition) is 3. The number of aliphatic imine (C=N–C) groups is 1. The first kappa shape index (κ1) is 28.1. The van der Waals surface area contributed by atoms with Crippen molar-refractivity contribution in [2.24, 2.45) is 33.4 Å². The molecule has 12 heteroatoms. The van der Waals surface area contributed by atoms with Crippen LogP contribution in [0.1, 0.15) is 46.2 Å². The van der Waals surface area contributed by atoms with Crippen molar-refractivity contribution in [1.82, 2.24) is 15.2 Å². The molecular weight excluding hydrogens is 513 g/mol. The molecule has 2 amide bonds. The Morgan fingerprint density at radius 3 is 2.49 bits per heavy atom. The summed E-state index contributed by atoms with van der Waals surface area (Å²) in [6.07, 6.45) is -5.16. The van der Waals surface area contributed by atoms with Crippen LogP contribution in [0.3, 0.4) is 0 Å². The largest absolute Gasteiger partial charge is 0.471 e. The average Bonchev–Trinajstić information content (AvgIpc) is 3.15. The van der Waals surface area contributed by atoms with Crippen LogP contribution in [-0.4, -0.2) is 52.3 Å². The number of nitrogens with one attached hydrogen (secondary N) is 2. The highest BCUT2D eigenvalue weighted by Crippen LogP contribution is 2.65. The Balaban J connectivity index is 1.72. The number of amides is 2. The van der Waals surface area contributed by atoms with Crippen molar-refractivity contribution in [3.8, 4) is 6.07 Å². The molecule has 9 nitrogen and oxygen atoms in total. The quantitative estimate of drug-likeness (QED) is 0.392. The van der Waals surface area contributed by atoms with Gasteiger partial charge in [-0.05, 0) is 28.7 Å². The van der Waals surface area contributed by atoms with E-state index in [1.54, 1.807) is 45.0 Å². The Hall–Kier alpha value is -3.88. The predicted molar refractivity (Wildman–Crippen MR) is 138 cm³/mol. The Morgan fingerprint density at radius 1 is 1.26 bits per heavy atom. The van der Waals surface area contributed by atoms with Crippen molar-refractivity contribution in [3.05, 3.63) is 46.2 Å². The van der Waals surface area contributed by atoms with Crippen LogP contribution in [0.5, 0.6) is 0 Å². The van der Waals surface area contributed by atoms with E-state index in [2.05, 4.69) is 16.0 Å². The highest BCUT2D eigenvalue weighted by molar-refractivity contribution is 5.96. The number of nitrogens with two attached hydrogens (primary N) is 1. The van der Waals surface area contributed by atoms with Crippen LogP contribution in [0.25, 0.3) is 10.9 Å². The number of hydrogen-bond acceptors (Lipinski definition) is 5. The normalized spacial score (nSPS) is 24.0. The van der Waals surface area contributed by atoms with Crippen LogP contribution >= 0.6 is 0 Å². The number of likely N-dealkylation sites (tertiary alicyclic amines) is 1. The summed E-state index contributed by atoms with van der Waals surface area (Å²) in [5, 5.41) is 12.5. The number of rotatable bonds is 5. The molecule has 0 spiro atoms. The third kappa shape index (κ3) is 5.10. The fraction of sp³-hybridized carbons (Fsp3) is 0.519. The number of piperidine rings is 1. The molecule has 1 aromatic carbocycles. The Morgan fingerprint density at radius 2 is 1.90 bits per heavy atom. The number of pyridine rings is 1. The average molecular weight is 545 g/mol. The van der Waals surface area contributed by atoms with Gasteiger partial charge in [-0.3, -0.25) is 14.4 Å². The number of aromatic nitrogens is 1. The number of H-pyrrole nitrogens is 1. The van der Waals surface area contributed by atoms with Crippen LogP contribution < -0.4 is 16.6 Å². The highest BCUT2D eigenvalue weighted by atomic mass is 19.4. The molecule has 1 aliphatic heterocycles. The maximum absolute atomic E-state index is 13.7. The molecule has 5 atom stereocenters. The molecule has 39 heavy (non-hydrogen) atoms. The summed E-state index contributed by atoms with van der Waals surface area (Å²) in [6.45, 7) is 8.90. The van der Waals surface area contributed by atoms with Crippen molar-refractivity contribution in [2.45, 2.75) is 58.9 Å². The first-order valence-electron chi connectivity index (χ1n) is 12.5. The molecule has 0 bridgehead atoms. The van der Waals surface area contributed by atoms with E-state index in [1.807, 2.05) is 19.2 Å². The summed E-state index contributed by atoms with van der Waals surface area (Å²) in [5.41, 5.74) is 5.64. The lowest BCUT2D eigenvalue weighted by Crippen LogP contribution is -2.60. The third-order valence-corrected chi connectivity index (χ3v) is 7.92. The summed E-state index contributed by atoms with van der Waals surface area (Å²) in [4.78, 5) is 46.3. The minimum Gasteiger partial charge on any atom is -0.386 e. The van der Waals surface area contributed by atoms with Crippen molar-refractivity contribution in [2.75, 3.05) is 6.54 Å². The summed E-state index contributed by atoms with van der Waals surface area (Å²) in [6, 6.07) is 6.82. The molecule has 1 aliphatic carbocycles. The van der Waals surface area contributed by atoms with E-state index in [1.165, 1.54) is 11.0 Å². The van der Waals surface area contributed by atoms with Crippen LogP contribution in [0, 0.1) is 34.0 Å². The van der Waals surface area contributed by atoms with E-state index in [-0.39, 0.29) is 29.6 Å². The Bertz CT molecular complexity index is 1450. The van der Waals surface area contributed by atoms with Gasteiger partial charge in [0.05, 0.1) is 12.1 Å². The van der Waals surface area contributed by atoms with E-state index in [0.717, 1.165) is 0 Å². The standard InChI is InChI=1S/C27H31F3N6O3/c1-25(2,3)21(35-24(39)27(28,29)30)23(38)36-12-15-19(26(15,4)5)20(36)22(32)34-17(11-31)14-10-18(37)33-16-9-7-6-8-13(14)16/h6-10,15,17,19-21H,12H2,1-5H3,(H2,32,34)(H,33,37)(H,35,39)/t15?,17?,19-,20-,21+/m0/s1. The van der Waals surface area contributed by atoms with E-state index in [0.29, 0.717) is 16.5 Å². The molecule has 2 fully saturated rings. The lowest BCUT2D eigenvalue weighted by atomic mass is 9.85. The molecule has 2 heterocycles. The van der Waals surface area contributed by atoms with E-state index >= 15 is 0 Å². The van der Waals surface area contributed by atoms with Gasteiger partial charge in [0, 0.05) is 29.1 Å². The number of aromatic amines is 1. The molecule has 1 aromatic heterocycles. The number of halogens is 3. The SMILES string of the molecule is CC(C)(C)[C@H](NC(=O)C(F)(F)F)C(=O)N1CC2[C@@H]([C@H]1C(N)=NC(C#N)c1cc(=O)[nH]c3ccccc13)C2(C)C.